The number of rotatable bonds is 2. The number of thiazole rings is 1. The van der Waals surface area contributed by atoms with Crippen molar-refractivity contribution in [3.05, 3.63) is 47.5 Å². The van der Waals surface area contributed by atoms with Crippen LogP contribution in [0, 0.1) is 0 Å². The van der Waals surface area contributed by atoms with E-state index in [9.17, 15) is 0 Å². The third-order valence-electron chi connectivity index (χ3n) is 2.53. The molecule has 0 aliphatic heterocycles. The van der Waals surface area contributed by atoms with Crippen LogP contribution in [0.5, 0.6) is 0 Å². The SMILES string of the molecule is OCc1cnc(-c2ccc3ccccc3n2)s1. The highest BCUT2D eigenvalue weighted by Crippen LogP contribution is 2.25. The molecule has 0 saturated carbocycles. The zero-order valence-electron chi connectivity index (χ0n) is 9.00. The Morgan fingerprint density at radius 3 is 2.82 bits per heavy atom. The van der Waals surface area contributed by atoms with Gasteiger partial charge in [0.1, 0.15) is 5.01 Å². The molecule has 0 spiro atoms. The van der Waals surface area contributed by atoms with Crippen molar-refractivity contribution in [1.29, 1.82) is 0 Å². The minimum absolute atomic E-state index is 0.0330. The van der Waals surface area contributed by atoms with Crippen LogP contribution in [0.2, 0.25) is 0 Å². The van der Waals surface area contributed by atoms with Crippen molar-refractivity contribution in [2.45, 2.75) is 6.61 Å². The lowest BCUT2D eigenvalue weighted by Crippen LogP contribution is -1.83. The number of aliphatic hydroxyl groups excluding tert-OH is 1. The van der Waals surface area contributed by atoms with Crippen LogP contribution in [-0.2, 0) is 6.61 Å². The quantitative estimate of drug-likeness (QED) is 0.751. The predicted octanol–water partition coefficient (Wildman–Crippen LogP) is 2.85. The molecule has 2 aromatic heterocycles. The van der Waals surface area contributed by atoms with E-state index in [0.717, 1.165) is 26.5 Å². The summed E-state index contributed by atoms with van der Waals surface area (Å²) in [6.45, 7) is 0.0330. The average Bonchev–Trinajstić information content (AvgIpc) is 2.87. The Labute approximate surface area is 102 Å². The van der Waals surface area contributed by atoms with E-state index in [2.05, 4.69) is 9.97 Å². The smallest absolute Gasteiger partial charge is 0.142 e. The summed E-state index contributed by atoms with van der Waals surface area (Å²) < 4.78 is 0. The van der Waals surface area contributed by atoms with Gasteiger partial charge in [-0.05, 0) is 12.1 Å². The van der Waals surface area contributed by atoms with Crippen LogP contribution in [0.4, 0.5) is 0 Å². The molecule has 17 heavy (non-hydrogen) atoms. The minimum atomic E-state index is 0.0330. The fraction of sp³-hybridized carbons (Fsp3) is 0.0769. The summed E-state index contributed by atoms with van der Waals surface area (Å²) in [4.78, 5) is 9.68. The summed E-state index contributed by atoms with van der Waals surface area (Å²) in [5.41, 5.74) is 1.82. The first-order valence-electron chi connectivity index (χ1n) is 5.28. The fourth-order valence-corrected chi connectivity index (χ4v) is 2.43. The molecule has 0 radical (unpaired) electrons. The molecule has 3 nitrogen and oxygen atoms in total. The Kier molecular flexibility index (Phi) is 2.59. The number of hydrogen-bond donors (Lipinski definition) is 1. The zero-order chi connectivity index (χ0) is 11.7. The van der Waals surface area contributed by atoms with Crippen LogP contribution in [0.25, 0.3) is 21.6 Å². The number of hydrogen-bond acceptors (Lipinski definition) is 4. The molecule has 3 aromatic rings. The van der Waals surface area contributed by atoms with Gasteiger partial charge in [-0.3, -0.25) is 0 Å². The molecule has 1 aromatic carbocycles. The van der Waals surface area contributed by atoms with E-state index in [0.29, 0.717) is 0 Å². The van der Waals surface area contributed by atoms with Crippen molar-refractivity contribution in [1.82, 2.24) is 9.97 Å². The molecule has 0 aliphatic carbocycles. The Morgan fingerprint density at radius 2 is 2.00 bits per heavy atom. The zero-order valence-corrected chi connectivity index (χ0v) is 9.81. The predicted molar refractivity (Wildman–Crippen MR) is 68.8 cm³/mol. The minimum Gasteiger partial charge on any atom is -0.391 e. The molecule has 0 atom stereocenters. The Morgan fingerprint density at radius 1 is 1.12 bits per heavy atom. The molecule has 0 unspecified atom stereocenters. The maximum atomic E-state index is 9.02. The summed E-state index contributed by atoms with van der Waals surface area (Å²) >= 11 is 1.47. The molecule has 2 heterocycles. The van der Waals surface area contributed by atoms with Gasteiger partial charge in [0.15, 0.2) is 0 Å². The van der Waals surface area contributed by atoms with Crippen molar-refractivity contribution >= 4 is 22.2 Å². The van der Waals surface area contributed by atoms with Crippen LogP contribution < -0.4 is 0 Å². The number of aromatic nitrogens is 2. The van der Waals surface area contributed by atoms with Crippen LogP contribution in [0.15, 0.2) is 42.6 Å². The number of benzene rings is 1. The summed E-state index contributed by atoms with van der Waals surface area (Å²) in [6.07, 6.45) is 1.69. The van der Waals surface area contributed by atoms with E-state index >= 15 is 0 Å². The van der Waals surface area contributed by atoms with Crippen molar-refractivity contribution < 1.29 is 5.11 Å². The Hall–Kier alpha value is -1.78. The van der Waals surface area contributed by atoms with E-state index in [4.69, 9.17) is 5.11 Å². The second-order valence-corrected chi connectivity index (χ2v) is 4.79. The molecule has 0 aliphatic rings. The molecule has 84 valence electrons. The normalized spacial score (nSPS) is 10.9. The van der Waals surface area contributed by atoms with Crippen LogP contribution >= 0.6 is 11.3 Å². The summed E-state index contributed by atoms with van der Waals surface area (Å²) in [5.74, 6) is 0. The lowest BCUT2D eigenvalue weighted by atomic mass is 10.2. The lowest BCUT2D eigenvalue weighted by molar-refractivity contribution is 0.285. The Bertz CT molecular complexity index is 663. The first-order valence-corrected chi connectivity index (χ1v) is 6.10. The van der Waals surface area contributed by atoms with Gasteiger partial charge < -0.3 is 5.11 Å². The topological polar surface area (TPSA) is 46.0 Å². The van der Waals surface area contributed by atoms with Crippen molar-refractivity contribution in [3.8, 4) is 10.7 Å². The highest BCUT2D eigenvalue weighted by molar-refractivity contribution is 7.14. The molecular weight excluding hydrogens is 232 g/mol. The average molecular weight is 242 g/mol. The highest BCUT2D eigenvalue weighted by atomic mass is 32.1. The van der Waals surface area contributed by atoms with Crippen LogP contribution in [0.3, 0.4) is 0 Å². The standard InChI is InChI=1S/C13H10N2OS/c16-8-10-7-14-13(17-10)12-6-5-9-3-1-2-4-11(9)15-12/h1-7,16H,8H2. The fourth-order valence-electron chi connectivity index (χ4n) is 1.68. The Balaban J connectivity index is 2.11. The van der Waals surface area contributed by atoms with E-state index < -0.39 is 0 Å². The van der Waals surface area contributed by atoms with Gasteiger partial charge in [0, 0.05) is 11.6 Å². The largest absolute Gasteiger partial charge is 0.391 e. The van der Waals surface area contributed by atoms with Gasteiger partial charge in [0.2, 0.25) is 0 Å². The number of nitrogens with zero attached hydrogens (tertiary/aromatic N) is 2. The molecule has 0 fully saturated rings. The molecule has 3 rings (SSSR count). The number of para-hydroxylation sites is 1. The lowest BCUT2D eigenvalue weighted by Gasteiger charge is -1.99. The highest BCUT2D eigenvalue weighted by Gasteiger charge is 2.06. The van der Waals surface area contributed by atoms with E-state index in [-0.39, 0.29) is 6.61 Å². The molecule has 0 amide bonds. The summed E-state index contributed by atoms with van der Waals surface area (Å²) in [6, 6.07) is 12.0. The van der Waals surface area contributed by atoms with Gasteiger partial charge in [-0.2, -0.15) is 0 Å². The monoisotopic (exact) mass is 242 g/mol. The number of pyridine rings is 1. The van der Waals surface area contributed by atoms with Gasteiger partial charge in [-0.15, -0.1) is 11.3 Å². The van der Waals surface area contributed by atoms with Crippen LogP contribution in [0.1, 0.15) is 4.88 Å². The van der Waals surface area contributed by atoms with Crippen molar-refractivity contribution in [2.24, 2.45) is 0 Å². The van der Waals surface area contributed by atoms with Gasteiger partial charge in [0.25, 0.3) is 0 Å². The summed E-state index contributed by atoms with van der Waals surface area (Å²) in [7, 11) is 0. The first-order chi connectivity index (χ1) is 8.36. The van der Waals surface area contributed by atoms with E-state index in [1.165, 1.54) is 11.3 Å². The second kappa shape index (κ2) is 4.24. The van der Waals surface area contributed by atoms with Crippen LogP contribution in [-0.4, -0.2) is 15.1 Å². The van der Waals surface area contributed by atoms with Crippen molar-refractivity contribution in [3.63, 3.8) is 0 Å². The van der Waals surface area contributed by atoms with Crippen molar-refractivity contribution in [2.75, 3.05) is 0 Å². The number of fused-ring (bicyclic) bond motifs is 1. The second-order valence-electron chi connectivity index (χ2n) is 3.68. The van der Waals surface area contributed by atoms with E-state index in [1.54, 1.807) is 6.20 Å². The molecule has 1 N–H and O–H groups in total. The third kappa shape index (κ3) is 1.92. The maximum Gasteiger partial charge on any atom is 0.142 e. The molecule has 0 bridgehead atoms. The third-order valence-corrected chi connectivity index (χ3v) is 3.53. The first kappa shape index (κ1) is 10.4. The molecule has 0 saturated heterocycles. The van der Waals surface area contributed by atoms with Gasteiger partial charge >= 0.3 is 0 Å². The molecule has 4 heteroatoms. The van der Waals surface area contributed by atoms with Gasteiger partial charge in [-0.25, -0.2) is 9.97 Å². The maximum absolute atomic E-state index is 9.02. The molecular formula is C13H10N2OS. The van der Waals surface area contributed by atoms with E-state index in [1.807, 2.05) is 36.4 Å². The van der Waals surface area contributed by atoms with Gasteiger partial charge in [0.05, 0.1) is 22.7 Å². The van der Waals surface area contributed by atoms with Gasteiger partial charge in [-0.1, -0.05) is 24.3 Å². The summed E-state index contributed by atoms with van der Waals surface area (Å²) in [5, 5.41) is 11.0. The number of aliphatic hydroxyl groups is 1.